The lowest BCUT2D eigenvalue weighted by Gasteiger charge is -2.20. The van der Waals surface area contributed by atoms with Crippen LogP contribution in [0.15, 0.2) is 85.3 Å². The number of pyridine rings is 1. The van der Waals surface area contributed by atoms with Crippen molar-refractivity contribution < 1.29 is 9.53 Å². The van der Waals surface area contributed by atoms with Crippen LogP contribution in [-0.2, 0) is 0 Å². The number of nitrogens with zero attached hydrogens (tertiary/aromatic N) is 3. The normalized spacial score (nSPS) is 11.9. The van der Waals surface area contributed by atoms with E-state index in [0.717, 1.165) is 29.4 Å². The van der Waals surface area contributed by atoms with Crippen molar-refractivity contribution in [2.75, 3.05) is 11.9 Å². The second kappa shape index (κ2) is 8.82. The molecule has 2 aromatic heterocycles. The number of carbonyl (C=O) groups is 1. The Bertz CT molecular complexity index is 1120. The molecule has 0 fully saturated rings. The van der Waals surface area contributed by atoms with Crippen LogP contribution in [0.3, 0.4) is 0 Å². The minimum absolute atomic E-state index is 0.244. The van der Waals surface area contributed by atoms with Gasteiger partial charge in [0.15, 0.2) is 0 Å². The van der Waals surface area contributed by atoms with Crippen molar-refractivity contribution in [1.82, 2.24) is 9.55 Å². The number of anilines is 1. The number of carbonyl (C=O) groups excluding carboxylic acids is 1. The van der Waals surface area contributed by atoms with E-state index in [0.29, 0.717) is 5.75 Å². The van der Waals surface area contributed by atoms with Gasteiger partial charge in [-0.05, 0) is 60.5 Å². The van der Waals surface area contributed by atoms with Gasteiger partial charge in [0.1, 0.15) is 5.75 Å². The quantitative estimate of drug-likeness (QED) is 0.396. The van der Waals surface area contributed by atoms with Crippen molar-refractivity contribution in [3.63, 3.8) is 0 Å². The number of fused-ring (bicyclic) bond motifs is 1. The summed E-state index contributed by atoms with van der Waals surface area (Å²) in [5.74, 6) is 0.531. The molecule has 152 valence electrons. The Balaban J connectivity index is 1.58. The summed E-state index contributed by atoms with van der Waals surface area (Å²) < 4.78 is 7.90. The highest BCUT2D eigenvalue weighted by molar-refractivity contribution is 5.89. The first-order chi connectivity index (χ1) is 14.7. The molecule has 2 heterocycles. The van der Waals surface area contributed by atoms with Gasteiger partial charge < -0.3 is 9.30 Å². The lowest BCUT2D eigenvalue weighted by molar-refractivity contribution is 0.209. The Labute approximate surface area is 176 Å². The third-order valence-corrected chi connectivity index (χ3v) is 5.30. The van der Waals surface area contributed by atoms with Gasteiger partial charge in [0.2, 0.25) is 0 Å². The summed E-state index contributed by atoms with van der Waals surface area (Å²) in [5, 5.41) is 1.04. The van der Waals surface area contributed by atoms with Crippen molar-refractivity contribution in [2.45, 2.75) is 25.8 Å². The molecule has 0 saturated carbocycles. The van der Waals surface area contributed by atoms with Crippen LogP contribution in [0.5, 0.6) is 5.75 Å². The summed E-state index contributed by atoms with van der Waals surface area (Å²) in [6.07, 6.45) is 7.48. The molecule has 4 aromatic rings. The summed E-state index contributed by atoms with van der Waals surface area (Å²) in [5.41, 5.74) is 3.14. The molecule has 1 atom stereocenters. The molecule has 1 unspecified atom stereocenters. The number of hydrogen-bond donors (Lipinski definition) is 0. The third kappa shape index (κ3) is 4.06. The van der Waals surface area contributed by atoms with Gasteiger partial charge in [-0.3, -0.25) is 9.88 Å². The molecule has 0 aliphatic heterocycles. The summed E-state index contributed by atoms with van der Waals surface area (Å²) in [6, 6.07) is 21.7. The Morgan fingerprint density at radius 1 is 1.07 bits per heavy atom. The molecule has 0 aliphatic carbocycles. The van der Waals surface area contributed by atoms with Crippen LogP contribution in [-0.4, -0.2) is 22.7 Å². The van der Waals surface area contributed by atoms with Crippen molar-refractivity contribution >= 4 is 22.7 Å². The van der Waals surface area contributed by atoms with Crippen LogP contribution in [0.25, 0.3) is 10.9 Å². The maximum atomic E-state index is 12.5. The number of para-hydroxylation sites is 1. The van der Waals surface area contributed by atoms with Crippen molar-refractivity contribution in [3.05, 3.63) is 90.9 Å². The first-order valence-electron chi connectivity index (χ1n) is 10.2. The first-order valence-corrected chi connectivity index (χ1v) is 10.2. The molecule has 0 aliphatic rings. The summed E-state index contributed by atoms with van der Waals surface area (Å²) in [6.45, 7) is 2.20. The number of ether oxygens (including phenoxy) is 1. The Hall–Kier alpha value is -3.60. The number of amides is 1. The molecular weight excluding hydrogens is 374 g/mol. The van der Waals surface area contributed by atoms with Gasteiger partial charge in [-0.15, -0.1) is 0 Å². The summed E-state index contributed by atoms with van der Waals surface area (Å²) in [7, 11) is 1.71. The SMILES string of the molecule is CCCC(c1ccncc1)n1ccc2cc(OC(=O)N(C)c3ccccc3)ccc21. The van der Waals surface area contributed by atoms with E-state index in [-0.39, 0.29) is 6.04 Å². The van der Waals surface area contributed by atoms with E-state index >= 15 is 0 Å². The second-order valence-electron chi connectivity index (χ2n) is 7.29. The largest absolute Gasteiger partial charge is 0.419 e. The number of hydrogen-bond acceptors (Lipinski definition) is 3. The van der Waals surface area contributed by atoms with Crippen molar-refractivity contribution in [3.8, 4) is 5.75 Å². The Morgan fingerprint density at radius 2 is 1.83 bits per heavy atom. The molecule has 0 bridgehead atoms. The maximum absolute atomic E-state index is 12.5. The topological polar surface area (TPSA) is 47.4 Å². The van der Waals surface area contributed by atoms with Gasteiger partial charge in [0.05, 0.1) is 6.04 Å². The van der Waals surface area contributed by atoms with Crippen molar-refractivity contribution in [1.29, 1.82) is 0 Å². The maximum Gasteiger partial charge on any atom is 0.419 e. The molecule has 0 N–H and O–H groups in total. The fourth-order valence-electron chi connectivity index (χ4n) is 3.73. The molecule has 0 spiro atoms. The van der Waals surface area contributed by atoms with Gasteiger partial charge in [0, 0.05) is 42.2 Å². The van der Waals surface area contributed by atoms with Gasteiger partial charge >= 0.3 is 6.09 Å². The van der Waals surface area contributed by atoms with E-state index < -0.39 is 6.09 Å². The van der Waals surface area contributed by atoms with Crippen LogP contribution in [0.1, 0.15) is 31.4 Å². The van der Waals surface area contributed by atoms with E-state index in [1.807, 2.05) is 60.9 Å². The average Bonchev–Trinajstić information content (AvgIpc) is 3.21. The van der Waals surface area contributed by atoms with Crippen LogP contribution in [0, 0.1) is 0 Å². The lowest BCUT2D eigenvalue weighted by Crippen LogP contribution is -2.29. The zero-order valence-corrected chi connectivity index (χ0v) is 17.2. The third-order valence-electron chi connectivity index (χ3n) is 5.30. The monoisotopic (exact) mass is 399 g/mol. The van der Waals surface area contributed by atoms with Crippen LogP contribution < -0.4 is 9.64 Å². The first kappa shape index (κ1) is 19.7. The molecule has 0 radical (unpaired) electrons. The van der Waals surface area contributed by atoms with E-state index in [9.17, 15) is 4.79 Å². The zero-order valence-electron chi connectivity index (χ0n) is 17.2. The molecule has 5 heteroatoms. The minimum Gasteiger partial charge on any atom is -0.410 e. The van der Waals surface area contributed by atoms with Gasteiger partial charge in [-0.2, -0.15) is 0 Å². The van der Waals surface area contributed by atoms with E-state index in [4.69, 9.17) is 4.74 Å². The smallest absolute Gasteiger partial charge is 0.410 e. The van der Waals surface area contributed by atoms with E-state index in [1.165, 1.54) is 10.5 Å². The summed E-state index contributed by atoms with van der Waals surface area (Å²) >= 11 is 0. The highest BCUT2D eigenvalue weighted by Gasteiger charge is 2.17. The van der Waals surface area contributed by atoms with E-state index in [1.54, 1.807) is 7.05 Å². The van der Waals surface area contributed by atoms with Crippen LogP contribution >= 0.6 is 0 Å². The Kier molecular flexibility index (Phi) is 5.80. The lowest BCUT2D eigenvalue weighted by atomic mass is 10.0. The number of aromatic nitrogens is 2. The molecule has 30 heavy (non-hydrogen) atoms. The predicted molar refractivity (Wildman–Crippen MR) is 120 cm³/mol. The van der Waals surface area contributed by atoms with E-state index in [2.05, 4.69) is 40.9 Å². The average molecular weight is 399 g/mol. The molecule has 0 saturated heterocycles. The molecule has 4 rings (SSSR count). The van der Waals surface area contributed by atoms with Crippen molar-refractivity contribution in [2.24, 2.45) is 0 Å². The van der Waals surface area contributed by atoms with Crippen LogP contribution in [0.4, 0.5) is 10.5 Å². The predicted octanol–water partition coefficient (Wildman–Crippen LogP) is 6.06. The highest BCUT2D eigenvalue weighted by Crippen LogP contribution is 2.30. The van der Waals surface area contributed by atoms with Gasteiger partial charge in [0.25, 0.3) is 0 Å². The molecule has 5 nitrogen and oxygen atoms in total. The fraction of sp³-hybridized carbons (Fsp3) is 0.200. The minimum atomic E-state index is -0.416. The second-order valence-corrected chi connectivity index (χ2v) is 7.29. The Morgan fingerprint density at radius 3 is 2.57 bits per heavy atom. The van der Waals surface area contributed by atoms with Crippen LogP contribution in [0.2, 0.25) is 0 Å². The molecule has 2 aromatic carbocycles. The molecule has 1 amide bonds. The highest BCUT2D eigenvalue weighted by atomic mass is 16.6. The number of rotatable bonds is 6. The number of benzene rings is 2. The fourth-order valence-corrected chi connectivity index (χ4v) is 3.73. The standard InChI is InChI=1S/C25H25N3O2/c1-3-7-23(19-12-15-26-16-13-19)28-17-14-20-18-22(10-11-24(20)28)30-25(29)27(2)21-8-5-4-6-9-21/h4-6,8-18,23H,3,7H2,1-2H3. The summed E-state index contributed by atoms with van der Waals surface area (Å²) in [4.78, 5) is 18.2. The molecular formula is C25H25N3O2. The van der Waals surface area contributed by atoms with Gasteiger partial charge in [-0.1, -0.05) is 31.5 Å². The van der Waals surface area contributed by atoms with Gasteiger partial charge in [-0.25, -0.2) is 4.79 Å². The zero-order chi connectivity index (χ0) is 20.9.